The normalized spacial score (nSPS) is 10.2. The minimum absolute atomic E-state index is 0.219. The lowest BCUT2D eigenvalue weighted by molar-refractivity contribution is 0.0601. The lowest BCUT2D eigenvalue weighted by Crippen LogP contribution is -2.05. The molecule has 0 saturated carbocycles. The van der Waals surface area contributed by atoms with Crippen LogP contribution in [0.25, 0.3) is 11.1 Å². The summed E-state index contributed by atoms with van der Waals surface area (Å²) in [7, 11) is 2.72. The maximum Gasteiger partial charge on any atom is 0.338 e. The van der Waals surface area contributed by atoms with Crippen molar-refractivity contribution >= 4 is 11.7 Å². The fraction of sp³-hybridized carbons (Fsp3) is 0.133. The Morgan fingerprint density at radius 3 is 2.40 bits per heavy atom. The van der Waals surface area contributed by atoms with Gasteiger partial charge in [0.05, 0.1) is 19.8 Å². The molecule has 2 aromatic carbocycles. The van der Waals surface area contributed by atoms with Gasteiger partial charge in [-0.25, -0.2) is 9.18 Å². The van der Waals surface area contributed by atoms with E-state index in [0.29, 0.717) is 17.0 Å². The summed E-state index contributed by atoms with van der Waals surface area (Å²) in [6, 6.07) is 9.08. The van der Waals surface area contributed by atoms with Crippen LogP contribution < -0.4 is 10.5 Å². The predicted octanol–water partition coefficient (Wildman–Crippen LogP) is 2.87. The quantitative estimate of drug-likeness (QED) is 0.691. The van der Waals surface area contributed by atoms with Gasteiger partial charge < -0.3 is 15.2 Å². The second kappa shape index (κ2) is 5.61. The molecule has 20 heavy (non-hydrogen) atoms. The maximum atomic E-state index is 14.1. The van der Waals surface area contributed by atoms with Crippen LogP contribution in [-0.4, -0.2) is 20.2 Å². The average Bonchev–Trinajstić information content (AvgIpc) is 2.46. The van der Waals surface area contributed by atoms with Crippen LogP contribution in [-0.2, 0) is 4.74 Å². The van der Waals surface area contributed by atoms with Crippen LogP contribution in [0, 0.1) is 5.82 Å². The molecule has 0 unspecified atom stereocenters. The molecule has 0 aliphatic rings. The van der Waals surface area contributed by atoms with Gasteiger partial charge >= 0.3 is 5.97 Å². The second-order valence-electron chi connectivity index (χ2n) is 4.14. The number of nitrogens with two attached hydrogens (primary N) is 1. The van der Waals surface area contributed by atoms with Gasteiger partial charge in [0.2, 0.25) is 0 Å². The van der Waals surface area contributed by atoms with Crippen LogP contribution >= 0.6 is 0 Å². The van der Waals surface area contributed by atoms with E-state index in [1.165, 1.54) is 26.4 Å². The standard InChI is InChI=1S/C15H14FNO3/c1-19-10-4-6-12(14(16)8-10)11-5-3-9(17)7-13(11)15(18)20-2/h3-8H,17H2,1-2H3. The third-order valence-corrected chi connectivity index (χ3v) is 2.92. The van der Waals surface area contributed by atoms with Gasteiger partial charge in [-0.1, -0.05) is 6.07 Å². The van der Waals surface area contributed by atoms with E-state index in [4.69, 9.17) is 15.2 Å². The first-order chi connectivity index (χ1) is 9.56. The van der Waals surface area contributed by atoms with E-state index >= 15 is 0 Å². The van der Waals surface area contributed by atoms with E-state index in [9.17, 15) is 9.18 Å². The van der Waals surface area contributed by atoms with Crippen molar-refractivity contribution in [2.45, 2.75) is 0 Å². The zero-order chi connectivity index (χ0) is 14.7. The Kier molecular flexibility index (Phi) is 3.89. The maximum absolute atomic E-state index is 14.1. The first kappa shape index (κ1) is 13.9. The number of hydrogen-bond donors (Lipinski definition) is 1. The summed E-state index contributed by atoms with van der Waals surface area (Å²) >= 11 is 0. The minimum atomic E-state index is -0.567. The number of halogens is 1. The Labute approximate surface area is 115 Å². The van der Waals surface area contributed by atoms with Crippen molar-refractivity contribution in [2.75, 3.05) is 20.0 Å². The van der Waals surface area contributed by atoms with Gasteiger partial charge in [-0.15, -0.1) is 0 Å². The lowest BCUT2D eigenvalue weighted by atomic mass is 9.98. The van der Waals surface area contributed by atoms with E-state index in [2.05, 4.69) is 0 Å². The number of hydrogen-bond acceptors (Lipinski definition) is 4. The molecule has 0 fully saturated rings. The molecule has 0 atom stereocenters. The van der Waals surface area contributed by atoms with Crippen molar-refractivity contribution in [2.24, 2.45) is 0 Å². The van der Waals surface area contributed by atoms with Crippen LogP contribution in [0.2, 0.25) is 0 Å². The van der Waals surface area contributed by atoms with Crippen LogP contribution in [0.5, 0.6) is 5.75 Å². The molecule has 2 rings (SSSR count). The van der Waals surface area contributed by atoms with Gasteiger partial charge in [-0.3, -0.25) is 0 Å². The fourth-order valence-electron chi connectivity index (χ4n) is 1.92. The van der Waals surface area contributed by atoms with E-state index < -0.39 is 11.8 Å². The number of benzene rings is 2. The predicted molar refractivity (Wildman–Crippen MR) is 74.1 cm³/mol. The number of nitrogen functional groups attached to an aromatic ring is 1. The van der Waals surface area contributed by atoms with E-state index in [0.717, 1.165) is 0 Å². The highest BCUT2D eigenvalue weighted by Gasteiger charge is 2.16. The number of rotatable bonds is 3. The van der Waals surface area contributed by atoms with Crippen molar-refractivity contribution in [3.05, 3.63) is 47.8 Å². The van der Waals surface area contributed by atoms with Crippen molar-refractivity contribution in [1.29, 1.82) is 0 Å². The third-order valence-electron chi connectivity index (χ3n) is 2.92. The highest BCUT2D eigenvalue weighted by atomic mass is 19.1. The summed E-state index contributed by atoms with van der Waals surface area (Å²) in [4.78, 5) is 11.8. The molecule has 5 heteroatoms. The molecule has 0 bridgehead atoms. The summed E-state index contributed by atoms with van der Waals surface area (Å²) in [6.07, 6.45) is 0. The molecule has 0 saturated heterocycles. The summed E-state index contributed by atoms with van der Waals surface area (Å²) in [5.74, 6) is -0.650. The van der Waals surface area contributed by atoms with Crippen LogP contribution in [0.3, 0.4) is 0 Å². The van der Waals surface area contributed by atoms with Crippen LogP contribution in [0.1, 0.15) is 10.4 Å². The topological polar surface area (TPSA) is 61.5 Å². The first-order valence-electron chi connectivity index (χ1n) is 5.88. The van der Waals surface area contributed by atoms with Crippen molar-refractivity contribution < 1.29 is 18.7 Å². The second-order valence-corrected chi connectivity index (χ2v) is 4.14. The molecule has 4 nitrogen and oxygen atoms in total. The van der Waals surface area contributed by atoms with Gasteiger partial charge in [0.15, 0.2) is 0 Å². The summed E-state index contributed by atoms with van der Waals surface area (Å²) < 4.78 is 23.8. The molecule has 0 spiro atoms. The molecule has 0 radical (unpaired) electrons. The SMILES string of the molecule is COC(=O)c1cc(N)ccc1-c1ccc(OC)cc1F. The monoisotopic (exact) mass is 275 g/mol. The Balaban J connectivity index is 2.60. The fourth-order valence-corrected chi connectivity index (χ4v) is 1.92. The Hall–Kier alpha value is -2.56. The zero-order valence-corrected chi connectivity index (χ0v) is 11.1. The summed E-state index contributed by atoms with van der Waals surface area (Å²) in [5, 5.41) is 0. The van der Waals surface area contributed by atoms with E-state index in [1.54, 1.807) is 24.3 Å². The molecule has 2 N–H and O–H groups in total. The van der Waals surface area contributed by atoms with E-state index in [-0.39, 0.29) is 11.1 Å². The molecule has 0 amide bonds. The van der Waals surface area contributed by atoms with Crippen LogP contribution in [0.15, 0.2) is 36.4 Å². The van der Waals surface area contributed by atoms with Crippen molar-refractivity contribution in [3.8, 4) is 16.9 Å². The summed E-state index contributed by atoms with van der Waals surface area (Å²) in [5.41, 5.74) is 6.99. The Bertz CT molecular complexity index is 656. The smallest absolute Gasteiger partial charge is 0.338 e. The minimum Gasteiger partial charge on any atom is -0.497 e. The Morgan fingerprint density at radius 1 is 1.10 bits per heavy atom. The number of ether oxygens (including phenoxy) is 2. The van der Waals surface area contributed by atoms with Gasteiger partial charge in [-0.05, 0) is 29.8 Å². The first-order valence-corrected chi connectivity index (χ1v) is 5.88. The van der Waals surface area contributed by atoms with Crippen molar-refractivity contribution in [3.63, 3.8) is 0 Å². The molecule has 104 valence electrons. The number of esters is 1. The zero-order valence-electron chi connectivity index (χ0n) is 11.1. The van der Waals surface area contributed by atoms with E-state index in [1.807, 2.05) is 0 Å². The number of anilines is 1. The van der Waals surface area contributed by atoms with Gasteiger partial charge in [0.25, 0.3) is 0 Å². The molecular weight excluding hydrogens is 261 g/mol. The highest BCUT2D eigenvalue weighted by molar-refractivity contribution is 5.98. The number of methoxy groups -OCH3 is 2. The highest BCUT2D eigenvalue weighted by Crippen LogP contribution is 2.30. The molecule has 0 aliphatic carbocycles. The van der Waals surface area contributed by atoms with Gasteiger partial charge in [0.1, 0.15) is 11.6 Å². The van der Waals surface area contributed by atoms with Gasteiger partial charge in [-0.2, -0.15) is 0 Å². The Morgan fingerprint density at radius 2 is 1.80 bits per heavy atom. The molecule has 0 aliphatic heterocycles. The lowest BCUT2D eigenvalue weighted by Gasteiger charge is -2.11. The molecule has 0 aromatic heterocycles. The number of carbonyl (C=O) groups is 1. The number of carbonyl (C=O) groups excluding carboxylic acids is 1. The molecule has 2 aromatic rings. The molecule has 0 heterocycles. The van der Waals surface area contributed by atoms with Crippen LogP contribution in [0.4, 0.5) is 10.1 Å². The average molecular weight is 275 g/mol. The van der Waals surface area contributed by atoms with Gasteiger partial charge in [0, 0.05) is 17.3 Å². The summed E-state index contributed by atoms with van der Waals surface area (Å²) in [6.45, 7) is 0. The third kappa shape index (κ3) is 2.56. The van der Waals surface area contributed by atoms with Crippen molar-refractivity contribution in [1.82, 2.24) is 0 Å². The largest absolute Gasteiger partial charge is 0.497 e. The molecular formula is C15H14FNO3.